The molecule has 0 bridgehead atoms. The quantitative estimate of drug-likeness (QED) is 0.465. The number of thiophene rings is 1. The van der Waals surface area contributed by atoms with E-state index < -0.39 is 0 Å². The Kier molecular flexibility index (Phi) is 5.72. The van der Waals surface area contributed by atoms with Crippen molar-refractivity contribution in [3.63, 3.8) is 0 Å². The number of carbonyl (C=O) groups excluding carboxylic acids is 1. The SMILES string of the molecule is Cc1ccc(OCc2csc(C(=O)Nc3cnn(Cc4ccccc4)c3)c2)cc1. The lowest BCUT2D eigenvalue weighted by atomic mass is 10.2. The maximum absolute atomic E-state index is 12.5. The van der Waals surface area contributed by atoms with Crippen LogP contribution in [0.1, 0.15) is 26.4 Å². The summed E-state index contributed by atoms with van der Waals surface area (Å²) in [6, 6.07) is 19.9. The first-order chi connectivity index (χ1) is 14.2. The molecule has 0 radical (unpaired) electrons. The van der Waals surface area contributed by atoms with Crippen molar-refractivity contribution in [1.29, 1.82) is 0 Å². The number of carbonyl (C=O) groups is 1. The van der Waals surface area contributed by atoms with E-state index in [0.717, 1.165) is 16.9 Å². The number of hydrogen-bond donors (Lipinski definition) is 1. The molecule has 0 unspecified atom stereocenters. The average molecular weight is 404 g/mol. The molecule has 5 nitrogen and oxygen atoms in total. The van der Waals surface area contributed by atoms with Gasteiger partial charge in [-0.2, -0.15) is 5.10 Å². The van der Waals surface area contributed by atoms with Crippen LogP contribution in [0.25, 0.3) is 0 Å². The molecule has 0 spiro atoms. The average Bonchev–Trinajstić information content (AvgIpc) is 3.38. The van der Waals surface area contributed by atoms with E-state index in [-0.39, 0.29) is 5.91 Å². The molecule has 0 aliphatic rings. The molecule has 0 saturated heterocycles. The van der Waals surface area contributed by atoms with Gasteiger partial charge in [0.05, 0.1) is 23.3 Å². The van der Waals surface area contributed by atoms with Crippen molar-refractivity contribution in [2.75, 3.05) is 5.32 Å². The summed E-state index contributed by atoms with van der Waals surface area (Å²) in [5.74, 6) is 0.675. The van der Waals surface area contributed by atoms with Crippen LogP contribution in [0, 0.1) is 6.92 Å². The maximum Gasteiger partial charge on any atom is 0.265 e. The fourth-order valence-corrected chi connectivity index (χ4v) is 3.64. The first-order valence-electron chi connectivity index (χ1n) is 9.30. The van der Waals surface area contributed by atoms with E-state index in [2.05, 4.69) is 10.4 Å². The van der Waals surface area contributed by atoms with Crippen molar-refractivity contribution >= 4 is 22.9 Å². The maximum atomic E-state index is 12.5. The Labute approximate surface area is 173 Å². The Morgan fingerprint density at radius 3 is 2.69 bits per heavy atom. The van der Waals surface area contributed by atoms with Crippen LogP contribution >= 0.6 is 11.3 Å². The Morgan fingerprint density at radius 1 is 1.10 bits per heavy atom. The summed E-state index contributed by atoms with van der Waals surface area (Å²) in [5, 5.41) is 9.17. The number of aromatic nitrogens is 2. The number of amides is 1. The van der Waals surface area contributed by atoms with E-state index in [1.54, 1.807) is 10.9 Å². The Bertz CT molecular complexity index is 1080. The van der Waals surface area contributed by atoms with Gasteiger partial charge in [-0.1, -0.05) is 48.0 Å². The number of aryl methyl sites for hydroxylation is 1. The lowest BCUT2D eigenvalue weighted by Gasteiger charge is -2.04. The highest BCUT2D eigenvalue weighted by atomic mass is 32.1. The third-order valence-corrected chi connectivity index (χ3v) is 5.36. The van der Waals surface area contributed by atoms with Crippen molar-refractivity contribution in [3.8, 4) is 5.75 Å². The molecule has 2 aromatic heterocycles. The highest BCUT2D eigenvalue weighted by Gasteiger charge is 2.11. The normalized spacial score (nSPS) is 10.7. The van der Waals surface area contributed by atoms with E-state index in [0.29, 0.717) is 23.7 Å². The fraction of sp³-hybridized carbons (Fsp3) is 0.130. The molecule has 0 saturated carbocycles. The summed E-state index contributed by atoms with van der Waals surface area (Å²) in [6.45, 7) is 3.14. The molecule has 6 heteroatoms. The highest BCUT2D eigenvalue weighted by Crippen LogP contribution is 2.20. The van der Waals surface area contributed by atoms with Gasteiger partial charge in [0.2, 0.25) is 0 Å². The van der Waals surface area contributed by atoms with Crippen molar-refractivity contribution in [3.05, 3.63) is 100 Å². The van der Waals surface area contributed by atoms with Crippen LogP contribution in [-0.4, -0.2) is 15.7 Å². The molecule has 29 heavy (non-hydrogen) atoms. The minimum absolute atomic E-state index is 0.143. The van der Waals surface area contributed by atoms with Crippen molar-refractivity contribution in [2.24, 2.45) is 0 Å². The van der Waals surface area contributed by atoms with Gasteiger partial charge in [-0.05, 0) is 36.1 Å². The molecule has 2 aromatic carbocycles. The molecule has 4 rings (SSSR count). The summed E-state index contributed by atoms with van der Waals surface area (Å²) >= 11 is 1.40. The van der Waals surface area contributed by atoms with Crippen LogP contribution in [0.15, 0.2) is 78.4 Å². The first kappa shape index (κ1) is 19.0. The number of nitrogens with zero attached hydrogens (tertiary/aromatic N) is 2. The fourth-order valence-electron chi connectivity index (χ4n) is 2.85. The lowest BCUT2D eigenvalue weighted by molar-refractivity contribution is 0.103. The second-order valence-corrected chi connectivity index (χ2v) is 7.70. The molecular weight excluding hydrogens is 382 g/mol. The van der Waals surface area contributed by atoms with Crippen LogP contribution in [0.5, 0.6) is 5.75 Å². The summed E-state index contributed by atoms with van der Waals surface area (Å²) in [5.41, 5.74) is 4.00. The van der Waals surface area contributed by atoms with E-state index in [1.807, 2.05) is 79.2 Å². The molecule has 4 aromatic rings. The summed E-state index contributed by atoms with van der Waals surface area (Å²) in [6.07, 6.45) is 3.50. The summed E-state index contributed by atoms with van der Waals surface area (Å²) in [4.78, 5) is 13.2. The highest BCUT2D eigenvalue weighted by molar-refractivity contribution is 7.12. The molecule has 146 valence electrons. The smallest absolute Gasteiger partial charge is 0.265 e. The van der Waals surface area contributed by atoms with Crippen molar-refractivity contribution in [2.45, 2.75) is 20.1 Å². The summed E-state index contributed by atoms with van der Waals surface area (Å²) < 4.78 is 7.59. The van der Waals surface area contributed by atoms with Gasteiger partial charge >= 0.3 is 0 Å². The van der Waals surface area contributed by atoms with Gasteiger partial charge in [-0.3, -0.25) is 9.48 Å². The van der Waals surface area contributed by atoms with E-state index >= 15 is 0 Å². The van der Waals surface area contributed by atoms with Crippen LogP contribution in [-0.2, 0) is 13.2 Å². The summed E-state index contributed by atoms with van der Waals surface area (Å²) in [7, 11) is 0. The third-order valence-electron chi connectivity index (χ3n) is 4.38. The molecule has 1 N–H and O–H groups in total. The standard InChI is InChI=1S/C23H21N3O2S/c1-17-7-9-21(10-8-17)28-15-19-11-22(29-16-19)23(27)25-20-12-24-26(14-20)13-18-5-3-2-4-6-18/h2-12,14,16H,13,15H2,1H3,(H,25,27). The monoisotopic (exact) mass is 403 g/mol. The van der Waals surface area contributed by atoms with Crippen LogP contribution in [0.2, 0.25) is 0 Å². The number of hydrogen-bond acceptors (Lipinski definition) is 4. The Hall–Kier alpha value is -3.38. The molecule has 0 atom stereocenters. The second kappa shape index (κ2) is 8.75. The number of rotatable bonds is 7. The molecule has 0 fully saturated rings. The number of benzene rings is 2. The van der Waals surface area contributed by atoms with Gasteiger partial charge in [0.25, 0.3) is 5.91 Å². The minimum atomic E-state index is -0.143. The zero-order valence-corrected chi connectivity index (χ0v) is 16.9. The molecule has 1 amide bonds. The first-order valence-corrected chi connectivity index (χ1v) is 10.2. The topological polar surface area (TPSA) is 56.1 Å². The van der Waals surface area contributed by atoms with Crippen LogP contribution in [0.3, 0.4) is 0 Å². The number of anilines is 1. The van der Waals surface area contributed by atoms with Gasteiger partial charge in [0, 0.05) is 11.8 Å². The van der Waals surface area contributed by atoms with Gasteiger partial charge in [0.1, 0.15) is 12.4 Å². The lowest BCUT2D eigenvalue weighted by Crippen LogP contribution is -2.09. The van der Waals surface area contributed by atoms with Gasteiger partial charge < -0.3 is 10.1 Å². The van der Waals surface area contributed by atoms with Gasteiger partial charge in [-0.25, -0.2) is 0 Å². The van der Waals surface area contributed by atoms with E-state index in [9.17, 15) is 4.79 Å². The van der Waals surface area contributed by atoms with Crippen molar-refractivity contribution < 1.29 is 9.53 Å². The molecule has 0 aliphatic heterocycles. The molecule has 2 heterocycles. The molecule has 0 aliphatic carbocycles. The minimum Gasteiger partial charge on any atom is -0.489 e. The van der Waals surface area contributed by atoms with E-state index in [1.165, 1.54) is 16.9 Å². The number of ether oxygens (including phenoxy) is 1. The van der Waals surface area contributed by atoms with Crippen LogP contribution < -0.4 is 10.1 Å². The van der Waals surface area contributed by atoms with Crippen LogP contribution in [0.4, 0.5) is 5.69 Å². The molecular formula is C23H21N3O2S. The van der Waals surface area contributed by atoms with Gasteiger partial charge in [-0.15, -0.1) is 11.3 Å². The zero-order chi connectivity index (χ0) is 20.1. The Morgan fingerprint density at radius 2 is 1.90 bits per heavy atom. The van der Waals surface area contributed by atoms with Gasteiger partial charge in [0.15, 0.2) is 0 Å². The predicted octanol–water partition coefficient (Wildman–Crippen LogP) is 5.13. The zero-order valence-electron chi connectivity index (χ0n) is 16.0. The Balaban J connectivity index is 1.32. The van der Waals surface area contributed by atoms with Crippen molar-refractivity contribution in [1.82, 2.24) is 9.78 Å². The largest absolute Gasteiger partial charge is 0.489 e. The third kappa shape index (κ3) is 5.12. The number of nitrogens with one attached hydrogen (secondary N) is 1. The second-order valence-electron chi connectivity index (χ2n) is 6.79. The predicted molar refractivity (Wildman–Crippen MR) is 116 cm³/mol. The van der Waals surface area contributed by atoms with E-state index in [4.69, 9.17) is 4.74 Å².